The monoisotopic (exact) mass is 388 g/mol. The van der Waals surface area contributed by atoms with Crippen molar-refractivity contribution in [2.75, 3.05) is 25.5 Å². The van der Waals surface area contributed by atoms with Gasteiger partial charge in [-0.05, 0) is 49.6 Å². The molecule has 2 amide bonds. The van der Waals surface area contributed by atoms with Crippen LogP contribution in [-0.2, 0) is 9.59 Å². The highest BCUT2D eigenvalue weighted by Crippen LogP contribution is 2.19. The van der Waals surface area contributed by atoms with Gasteiger partial charge in [0, 0.05) is 10.7 Å². The molecule has 0 aliphatic carbocycles. The maximum atomic E-state index is 12.3. The summed E-state index contributed by atoms with van der Waals surface area (Å²) < 4.78 is 0. The second-order valence-electron chi connectivity index (χ2n) is 6.97. The van der Waals surface area contributed by atoms with Crippen molar-refractivity contribution in [2.24, 2.45) is 0 Å². The van der Waals surface area contributed by atoms with E-state index in [9.17, 15) is 9.59 Å². The van der Waals surface area contributed by atoms with Gasteiger partial charge in [0.2, 0.25) is 0 Å². The first-order chi connectivity index (χ1) is 12.8. The first kappa shape index (κ1) is 20.9. The highest BCUT2D eigenvalue weighted by atomic mass is 35.5. The van der Waals surface area contributed by atoms with Crippen LogP contribution < -0.4 is 15.5 Å². The minimum atomic E-state index is -0.146. The molecule has 0 bridgehead atoms. The predicted octanol–water partition coefficient (Wildman–Crippen LogP) is 2.29. The van der Waals surface area contributed by atoms with Crippen LogP contribution in [0.1, 0.15) is 29.7 Å². The number of carbonyl (C=O) groups excluding carboxylic acids is 2. The summed E-state index contributed by atoms with van der Waals surface area (Å²) in [5, 5.41) is 6.53. The highest BCUT2D eigenvalue weighted by molar-refractivity contribution is 6.30. The van der Waals surface area contributed by atoms with Crippen molar-refractivity contribution in [2.45, 2.75) is 26.8 Å². The molecule has 0 aromatic heterocycles. The van der Waals surface area contributed by atoms with Gasteiger partial charge in [-0.3, -0.25) is 9.59 Å². The molecule has 0 radical (unpaired) electrons. The molecule has 0 saturated heterocycles. The topological polar surface area (TPSA) is 62.6 Å². The van der Waals surface area contributed by atoms with Crippen molar-refractivity contribution in [3.05, 3.63) is 64.2 Å². The molecule has 1 unspecified atom stereocenters. The maximum absolute atomic E-state index is 12.3. The number of aryl methyl sites for hydroxylation is 2. The molecule has 0 saturated carbocycles. The van der Waals surface area contributed by atoms with Crippen LogP contribution in [0.5, 0.6) is 0 Å². The van der Waals surface area contributed by atoms with Crippen LogP contribution >= 0.6 is 11.6 Å². The normalized spacial score (nSPS) is 12.9. The lowest BCUT2D eigenvalue weighted by atomic mass is 10.1. The Morgan fingerprint density at radius 1 is 1.04 bits per heavy atom. The molecule has 2 aromatic carbocycles. The smallest absolute Gasteiger partial charge is 0.279 e. The standard InChI is InChI=1S/C21H26ClN3O2/c1-14-7-5-8-15(2)21(14)24-20(27)13-25(4)12-19(26)23-16(3)17-9-6-10-18(22)11-17/h5-11,16H,12-13H2,1-4H3,(H,23,26)(H,24,27)/p+1/t16-/m0/s1. The number of amides is 2. The number of nitrogens with one attached hydrogen (secondary N) is 3. The molecule has 5 nitrogen and oxygen atoms in total. The quantitative estimate of drug-likeness (QED) is 0.681. The van der Waals surface area contributed by atoms with Crippen molar-refractivity contribution >= 4 is 29.1 Å². The van der Waals surface area contributed by atoms with E-state index in [1.165, 1.54) is 0 Å². The number of hydrogen-bond acceptors (Lipinski definition) is 2. The first-order valence-corrected chi connectivity index (χ1v) is 9.36. The number of rotatable bonds is 7. The maximum Gasteiger partial charge on any atom is 0.279 e. The van der Waals surface area contributed by atoms with Crippen molar-refractivity contribution in [3.8, 4) is 0 Å². The summed E-state index contributed by atoms with van der Waals surface area (Å²) in [6, 6.07) is 13.2. The van der Waals surface area contributed by atoms with Gasteiger partial charge in [0.25, 0.3) is 11.8 Å². The lowest BCUT2D eigenvalue weighted by molar-refractivity contribution is -0.862. The zero-order valence-electron chi connectivity index (χ0n) is 16.2. The number of halogens is 1. The van der Waals surface area contributed by atoms with Crippen LogP contribution in [0, 0.1) is 13.8 Å². The van der Waals surface area contributed by atoms with Gasteiger partial charge in [-0.1, -0.05) is 41.9 Å². The fraction of sp³-hybridized carbons (Fsp3) is 0.333. The third-order valence-electron chi connectivity index (χ3n) is 4.40. The second-order valence-corrected chi connectivity index (χ2v) is 7.41. The van der Waals surface area contributed by atoms with Crippen LogP contribution in [0.3, 0.4) is 0 Å². The fourth-order valence-electron chi connectivity index (χ4n) is 2.96. The average molecular weight is 389 g/mol. The lowest BCUT2D eigenvalue weighted by Crippen LogP contribution is -3.11. The zero-order valence-corrected chi connectivity index (χ0v) is 17.0. The van der Waals surface area contributed by atoms with E-state index >= 15 is 0 Å². The van der Waals surface area contributed by atoms with Crippen LogP contribution in [0.2, 0.25) is 5.02 Å². The average Bonchev–Trinajstić information content (AvgIpc) is 2.58. The molecule has 144 valence electrons. The predicted molar refractivity (Wildman–Crippen MR) is 109 cm³/mol. The Kier molecular flexibility index (Phi) is 7.39. The van der Waals surface area contributed by atoms with Crippen LogP contribution in [0.25, 0.3) is 0 Å². The molecular weight excluding hydrogens is 362 g/mol. The Balaban J connectivity index is 1.84. The molecule has 0 fully saturated rings. The Morgan fingerprint density at radius 2 is 1.63 bits per heavy atom. The largest absolute Gasteiger partial charge is 0.345 e. The summed E-state index contributed by atoms with van der Waals surface area (Å²) in [4.78, 5) is 25.4. The van der Waals surface area contributed by atoms with Gasteiger partial charge < -0.3 is 15.5 Å². The summed E-state index contributed by atoms with van der Waals surface area (Å²) >= 11 is 5.99. The SMILES string of the molecule is Cc1cccc(C)c1NC(=O)C[NH+](C)CC(=O)N[C@@H](C)c1cccc(Cl)c1. The Hall–Kier alpha value is -2.37. The summed E-state index contributed by atoms with van der Waals surface area (Å²) in [5.74, 6) is -0.222. The number of carbonyl (C=O) groups is 2. The van der Waals surface area contributed by atoms with Gasteiger partial charge in [-0.15, -0.1) is 0 Å². The summed E-state index contributed by atoms with van der Waals surface area (Å²) in [6.07, 6.45) is 0. The van der Waals surface area contributed by atoms with Crippen LogP contribution in [-0.4, -0.2) is 32.0 Å². The van der Waals surface area contributed by atoms with E-state index in [0.29, 0.717) is 5.02 Å². The van der Waals surface area contributed by atoms with E-state index in [-0.39, 0.29) is 30.9 Å². The molecular formula is C21H27ClN3O2+. The molecule has 0 spiro atoms. The lowest BCUT2D eigenvalue weighted by Gasteiger charge is -2.18. The number of quaternary nitrogens is 1. The van der Waals surface area contributed by atoms with E-state index in [4.69, 9.17) is 11.6 Å². The number of benzene rings is 2. The Morgan fingerprint density at radius 3 is 2.26 bits per heavy atom. The first-order valence-electron chi connectivity index (χ1n) is 8.98. The summed E-state index contributed by atoms with van der Waals surface area (Å²) in [7, 11) is 1.83. The van der Waals surface area contributed by atoms with Gasteiger partial charge in [0.05, 0.1) is 13.1 Å². The Labute approximate surface area is 165 Å². The van der Waals surface area contributed by atoms with E-state index in [2.05, 4.69) is 10.6 Å². The van der Waals surface area contributed by atoms with Crippen LogP contribution in [0.15, 0.2) is 42.5 Å². The van der Waals surface area contributed by atoms with Crippen molar-refractivity contribution in [1.82, 2.24) is 5.32 Å². The van der Waals surface area contributed by atoms with Gasteiger partial charge in [-0.25, -0.2) is 0 Å². The van der Waals surface area contributed by atoms with Gasteiger partial charge in [0.1, 0.15) is 0 Å². The third-order valence-corrected chi connectivity index (χ3v) is 4.63. The third kappa shape index (κ3) is 6.38. The molecule has 2 aromatic rings. The van der Waals surface area contributed by atoms with Gasteiger partial charge in [0.15, 0.2) is 13.1 Å². The highest BCUT2D eigenvalue weighted by Gasteiger charge is 2.17. The second kappa shape index (κ2) is 9.53. The summed E-state index contributed by atoms with van der Waals surface area (Å²) in [6.45, 7) is 6.26. The molecule has 6 heteroatoms. The van der Waals surface area contributed by atoms with Crippen molar-refractivity contribution in [1.29, 1.82) is 0 Å². The summed E-state index contributed by atoms with van der Waals surface area (Å²) in [5.41, 5.74) is 3.83. The number of likely N-dealkylation sites (N-methyl/N-ethyl adjacent to an activating group) is 1. The van der Waals surface area contributed by atoms with E-state index < -0.39 is 0 Å². The van der Waals surface area contributed by atoms with Gasteiger partial charge in [-0.2, -0.15) is 0 Å². The molecule has 2 rings (SSSR count). The van der Waals surface area contributed by atoms with Crippen molar-refractivity contribution in [3.63, 3.8) is 0 Å². The number of hydrogen-bond donors (Lipinski definition) is 3. The van der Waals surface area contributed by atoms with Crippen LogP contribution in [0.4, 0.5) is 5.69 Å². The van der Waals surface area contributed by atoms with E-state index in [1.54, 1.807) is 6.07 Å². The zero-order chi connectivity index (χ0) is 20.0. The minimum absolute atomic E-state index is 0.111. The minimum Gasteiger partial charge on any atom is -0.345 e. The molecule has 0 aliphatic heterocycles. The molecule has 2 atom stereocenters. The molecule has 27 heavy (non-hydrogen) atoms. The molecule has 0 aliphatic rings. The van der Waals surface area contributed by atoms with Crippen molar-refractivity contribution < 1.29 is 14.5 Å². The number of para-hydroxylation sites is 1. The fourth-order valence-corrected chi connectivity index (χ4v) is 3.16. The Bertz CT molecular complexity index is 803. The van der Waals surface area contributed by atoms with E-state index in [1.807, 2.05) is 64.2 Å². The molecule has 3 N–H and O–H groups in total. The van der Waals surface area contributed by atoms with Gasteiger partial charge >= 0.3 is 0 Å². The van der Waals surface area contributed by atoms with E-state index in [0.717, 1.165) is 27.3 Å². The molecule has 0 heterocycles. The number of anilines is 1.